The van der Waals surface area contributed by atoms with Crippen molar-refractivity contribution in [3.05, 3.63) is 42.7 Å². The van der Waals surface area contributed by atoms with Gasteiger partial charge in [0.25, 0.3) is 0 Å². The molecular formula is C14H18N2S. The lowest BCUT2D eigenvalue weighted by Gasteiger charge is -2.10. The fourth-order valence-electron chi connectivity index (χ4n) is 1.82. The van der Waals surface area contributed by atoms with Crippen LogP contribution in [-0.4, -0.2) is 15.5 Å². The molecule has 1 heterocycles. The van der Waals surface area contributed by atoms with E-state index in [1.54, 1.807) is 0 Å². The summed E-state index contributed by atoms with van der Waals surface area (Å²) in [6, 6.07) is 10.3. The van der Waals surface area contributed by atoms with Crippen molar-refractivity contribution in [3.63, 3.8) is 0 Å². The molecule has 1 aromatic heterocycles. The lowest BCUT2D eigenvalue weighted by Crippen LogP contribution is -2.11. The third kappa shape index (κ3) is 3.13. The van der Waals surface area contributed by atoms with Gasteiger partial charge in [-0.05, 0) is 17.2 Å². The van der Waals surface area contributed by atoms with E-state index in [9.17, 15) is 0 Å². The zero-order valence-corrected chi connectivity index (χ0v) is 11.0. The Morgan fingerprint density at radius 3 is 2.65 bits per heavy atom. The fourth-order valence-corrected chi connectivity index (χ4v) is 2.20. The predicted octanol–water partition coefficient (Wildman–Crippen LogP) is 3.51. The number of nitrogens with zero attached hydrogens (tertiary/aromatic N) is 2. The van der Waals surface area contributed by atoms with Crippen molar-refractivity contribution in [2.24, 2.45) is 5.92 Å². The summed E-state index contributed by atoms with van der Waals surface area (Å²) in [6.07, 6.45) is 5.19. The molecule has 0 amide bonds. The van der Waals surface area contributed by atoms with Crippen molar-refractivity contribution in [2.75, 3.05) is 5.75 Å². The van der Waals surface area contributed by atoms with Crippen LogP contribution in [0.3, 0.4) is 0 Å². The molecule has 2 rings (SSSR count). The van der Waals surface area contributed by atoms with E-state index >= 15 is 0 Å². The Hall–Kier alpha value is -1.22. The predicted molar refractivity (Wildman–Crippen MR) is 75.3 cm³/mol. The zero-order valence-electron chi connectivity index (χ0n) is 10.1. The summed E-state index contributed by atoms with van der Waals surface area (Å²) < 4.78 is 2.02. The van der Waals surface area contributed by atoms with Crippen LogP contribution in [0.1, 0.15) is 13.3 Å². The maximum Gasteiger partial charge on any atom is 0.0568 e. The topological polar surface area (TPSA) is 17.8 Å². The van der Waals surface area contributed by atoms with Crippen LogP contribution in [0.2, 0.25) is 0 Å². The monoisotopic (exact) mass is 246 g/mol. The van der Waals surface area contributed by atoms with Gasteiger partial charge < -0.3 is 0 Å². The molecule has 1 unspecified atom stereocenters. The first-order chi connectivity index (χ1) is 8.33. The molecule has 0 aliphatic heterocycles. The van der Waals surface area contributed by atoms with E-state index in [-0.39, 0.29) is 0 Å². The summed E-state index contributed by atoms with van der Waals surface area (Å²) in [5, 5.41) is 4.41. The molecule has 3 heteroatoms. The molecule has 0 radical (unpaired) electrons. The molecule has 1 atom stereocenters. The van der Waals surface area contributed by atoms with Gasteiger partial charge in [-0.15, -0.1) is 0 Å². The Kier molecular flexibility index (Phi) is 4.26. The summed E-state index contributed by atoms with van der Waals surface area (Å²) >= 11 is 4.36. The third-order valence-corrected chi connectivity index (χ3v) is 3.54. The Morgan fingerprint density at radius 2 is 2.00 bits per heavy atom. The lowest BCUT2D eigenvalue weighted by atomic mass is 10.1. The number of hydrogen-bond donors (Lipinski definition) is 1. The second kappa shape index (κ2) is 5.92. The van der Waals surface area contributed by atoms with Crippen LogP contribution in [0, 0.1) is 5.92 Å². The van der Waals surface area contributed by atoms with Crippen LogP contribution in [0.15, 0.2) is 42.7 Å². The minimum atomic E-state index is 0.599. The summed E-state index contributed by atoms with van der Waals surface area (Å²) in [6.45, 7) is 3.15. The smallest absolute Gasteiger partial charge is 0.0568 e. The van der Waals surface area contributed by atoms with Crippen molar-refractivity contribution < 1.29 is 0 Å². The van der Waals surface area contributed by atoms with Crippen LogP contribution in [0.4, 0.5) is 0 Å². The SMILES string of the molecule is CCC(CS)Cn1cc(-c2ccccc2)cn1. The quantitative estimate of drug-likeness (QED) is 0.799. The molecule has 0 bridgehead atoms. The summed E-state index contributed by atoms with van der Waals surface area (Å²) in [7, 11) is 0. The average molecular weight is 246 g/mol. The average Bonchev–Trinajstić information content (AvgIpc) is 2.85. The van der Waals surface area contributed by atoms with Crippen molar-refractivity contribution >= 4 is 12.6 Å². The highest BCUT2D eigenvalue weighted by molar-refractivity contribution is 7.80. The number of benzene rings is 1. The minimum absolute atomic E-state index is 0.599. The van der Waals surface area contributed by atoms with Crippen molar-refractivity contribution in [3.8, 4) is 11.1 Å². The van der Waals surface area contributed by atoms with E-state index in [2.05, 4.69) is 55.1 Å². The van der Waals surface area contributed by atoms with Crippen LogP contribution in [-0.2, 0) is 6.54 Å². The first-order valence-corrected chi connectivity index (χ1v) is 6.65. The van der Waals surface area contributed by atoms with Crippen molar-refractivity contribution in [1.82, 2.24) is 9.78 Å². The molecule has 2 nitrogen and oxygen atoms in total. The number of rotatable bonds is 5. The molecule has 17 heavy (non-hydrogen) atoms. The standard InChI is InChI=1S/C14H18N2S/c1-2-12(11-17)9-16-10-14(8-15-16)13-6-4-3-5-7-13/h3-8,10,12,17H,2,9,11H2,1H3. The minimum Gasteiger partial charge on any atom is -0.272 e. The van der Waals surface area contributed by atoms with E-state index in [0.29, 0.717) is 5.92 Å². The van der Waals surface area contributed by atoms with Gasteiger partial charge in [-0.1, -0.05) is 43.7 Å². The maximum absolute atomic E-state index is 4.41. The van der Waals surface area contributed by atoms with E-state index < -0.39 is 0 Å². The first kappa shape index (κ1) is 12.2. The van der Waals surface area contributed by atoms with Gasteiger partial charge in [0.2, 0.25) is 0 Å². The third-order valence-electron chi connectivity index (χ3n) is 3.02. The van der Waals surface area contributed by atoms with Crippen molar-refractivity contribution in [1.29, 1.82) is 0 Å². The number of aromatic nitrogens is 2. The van der Waals surface area contributed by atoms with E-state index in [1.807, 2.05) is 16.9 Å². The summed E-state index contributed by atoms with van der Waals surface area (Å²) in [5.74, 6) is 1.51. The summed E-state index contributed by atoms with van der Waals surface area (Å²) in [4.78, 5) is 0. The van der Waals surface area contributed by atoms with E-state index in [4.69, 9.17) is 0 Å². The Balaban J connectivity index is 2.11. The molecule has 0 aliphatic rings. The molecule has 90 valence electrons. The molecule has 0 saturated carbocycles. The Morgan fingerprint density at radius 1 is 1.24 bits per heavy atom. The number of hydrogen-bond acceptors (Lipinski definition) is 2. The molecular weight excluding hydrogens is 228 g/mol. The molecule has 2 aromatic rings. The first-order valence-electron chi connectivity index (χ1n) is 6.02. The zero-order chi connectivity index (χ0) is 12.1. The van der Waals surface area contributed by atoms with Gasteiger partial charge in [-0.25, -0.2) is 0 Å². The molecule has 0 saturated heterocycles. The molecule has 0 fully saturated rings. The largest absolute Gasteiger partial charge is 0.272 e. The van der Waals surface area contributed by atoms with Gasteiger partial charge in [0.15, 0.2) is 0 Å². The highest BCUT2D eigenvalue weighted by Gasteiger charge is 2.07. The van der Waals surface area contributed by atoms with Gasteiger partial charge in [-0.2, -0.15) is 17.7 Å². The fraction of sp³-hybridized carbons (Fsp3) is 0.357. The highest BCUT2D eigenvalue weighted by Crippen LogP contribution is 2.18. The van der Waals surface area contributed by atoms with Crippen LogP contribution in [0.25, 0.3) is 11.1 Å². The second-order valence-electron chi connectivity index (χ2n) is 4.27. The van der Waals surface area contributed by atoms with Gasteiger partial charge >= 0.3 is 0 Å². The molecule has 0 aliphatic carbocycles. The molecule has 0 spiro atoms. The Bertz CT molecular complexity index is 446. The van der Waals surface area contributed by atoms with Gasteiger partial charge in [0, 0.05) is 18.3 Å². The highest BCUT2D eigenvalue weighted by atomic mass is 32.1. The van der Waals surface area contributed by atoms with E-state index in [0.717, 1.165) is 18.7 Å². The summed E-state index contributed by atoms with van der Waals surface area (Å²) in [5.41, 5.74) is 2.40. The van der Waals surface area contributed by atoms with Crippen molar-refractivity contribution in [2.45, 2.75) is 19.9 Å². The van der Waals surface area contributed by atoms with Crippen LogP contribution >= 0.6 is 12.6 Å². The second-order valence-corrected chi connectivity index (χ2v) is 4.64. The lowest BCUT2D eigenvalue weighted by molar-refractivity contribution is 0.446. The molecule has 1 aromatic carbocycles. The van der Waals surface area contributed by atoms with Crippen LogP contribution in [0.5, 0.6) is 0 Å². The van der Waals surface area contributed by atoms with Crippen LogP contribution < -0.4 is 0 Å². The van der Waals surface area contributed by atoms with Gasteiger partial charge in [-0.3, -0.25) is 4.68 Å². The van der Waals surface area contributed by atoms with Gasteiger partial charge in [0.1, 0.15) is 0 Å². The molecule has 0 N–H and O–H groups in total. The maximum atomic E-state index is 4.41. The normalized spacial score (nSPS) is 12.6. The van der Waals surface area contributed by atoms with Gasteiger partial charge in [0.05, 0.1) is 6.20 Å². The Labute approximate surface area is 108 Å². The number of thiol groups is 1. The van der Waals surface area contributed by atoms with E-state index in [1.165, 1.54) is 11.1 Å².